The molecular formula is C15H20O3. The summed E-state index contributed by atoms with van der Waals surface area (Å²) < 4.78 is 5.86. The van der Waals surface area contributed by atoms with Crippen LogP contribution in [0.2, 0.25) is 0 Å². The van der Waals surface area contributed by atoms with Crippen LogP contribution in [0.25, 0.3) is 0 Å². The Labute approximate surface area is 107 Å². The van der Waals surface area contributed by atoms with Gasteiger partial charge in [0.05, 0.1) is 24.4 Å². The van der Waals surface area contributed by atoms with Gasteiger partial charge in [-0.2, -0.15) is 0 Å². The normalized spacial score (nSPS) is 77.7. The molecule has 4 bridgehead atoms. The van der Waals surface area contributed by atoms with Gasteiger partial charge in [-0.25, -0.2) is 0 Å². The first kappa shape index (κ1) is 9.73. The van der Waals surface area contributed by atoms with Gasteiger partial charge in [0, 0.05) is 0 Å². The third-order valence-electron chi connectivity index (χ3n) is 7.76. The minimum atomic E-state index is -0.437. The Morgan fingerprint density at radius 3 is 2.06 bits per heavy atom. The molecule has 98 valence electrons. The first-order valence-electron chi connectivity index (χ1n) is 7.77. The Bertz CT molecular complexity index is 437. The van der Waals surface area contributed by atoms with Crippen LogP contribution in [0.3, 0.4) is 0 Å². The van der Waals surface area contributed by atoms with E-state index in [1.165, 1.54) is 12.8 Å². The lowest BCUT2D eigenvalue weighted by molar-refractivity contribution is -0.0139. The summed E-state index contributed by atoms with van der Waals surface area (Å²) in [6.45, 7) is 0. The number of aliphatic hydroxyl groups is 2. The summed E-state index contributed by atoms with van der Waals surface area (Å²) in [6, 6.07) is 0. The number of ether oxygens (including phenoxy) is 1. The lowest BCUT2D eigenvalue weighted by Gasteiger charge is -2.40. The van der Waals surface area contributed by atoms with Crippen LogP contribution < -0.4 is 0 Å². The van der Waals surface area contributed by atoms with Crippen molar-refractivity contribution in [2.24, 2.45) is 47.3 Å². The Hall–Kier alpha value is -0.120. The number of aliphatic hydroxyl groups excluding tert-OH is 2. The molecule has 0 radical (unpaired) electrons. The quantitative estimate of drug-likeness (QED) is 0.489. The van der Waals surface area contributed by atoms with Crippen LogP contribution in [0.1, 0.15) is 19.3 Å². The average molecular weight is 248 g/mol. The maximum atomic E-state index is 10.3. The molecule has 18 heavy (non-hydrogen) atoms. The summed E-state index contributed by atoms with van der Waals surface area (Å²) in [7, 11) is 0. The molecule has 6 aliphatic rings. The van der Waals surface area contributed by atoms with E-state index >= 15 is 0 Å². The van der Waals surface area contributed by atoms with Gasteiger partial charge in [0.15, 0.2) is 0 Å². The minimum absolute atomic E-state index is 0.419. The van der Waals surface area contributed by atoms with Crippen molar-refractivity contribution < 1.29 is 14.9 Å². The van der Waals surface area contributed by atoms with Crippen molar-refractivity contribution in [1.82, 2.24) is 0 Å². The van der Waals surface area contributed by atoms with Crippen LogP contribution in [0, 0.1) is 47.3 Å². The summed E-state index contributed by atoms with van der Waals surface area (Å²) in [6.07, 6.45) is 3.97. The number of epoxide rings is 1. The van der Waals surface area contributed by atoms with Crippen molar-refractivity contribution in [2.75, 3.05) is 0 Å². The fraction of sp³-hybridized carbons (Fsp3) is 1.00. The molecule has 0 spiro atoms. The third-order valence-corrected chi connectivity index (χ3v) is 7.76. The van der Waals surface area contributed by atoms with E-state index in [0.717, 1.165) is 36.0 Å². The smallest absolute Gasteiger partial charge is 0.0875 e. The van der Waals surface area contributed by atoms with Gasteiger partial charge >= 0.3 is 0 Å². The molecule has 6 fully saturated rings. The Morgan fingerprint density at radius 1 is 0.667 bits per heavy atom. The average Bonchev–Trinajstić information content (AvgIpc) is 2.75. The first-order chi connectivity index (χ1) is 8.75. The van der Waals surface area contributed by atoms with Gasteiger partial charge in [-0.15, -0.1) is 0 Å². The van der Waals surface area contributed by atoms with Gasteiger partial charge in [0.25, 0.3) is 0 Å². The summed E-state index contributed by atoms with van der Waals surface area (Å²) in [5.41, 5.74) is 0. The van der Waals surface area contributed by atoms with Crippen LogP contribution in [-0.4, -0.2) is 34.6 Å². The molecule has 1 aliphatic heterocycles. The fourth-order valence-electron chi connectivity index (χ4n) is 7.56. The van der Waals surface area contributed by atoms with Gasteiger partial charge in [-0.1, -0.05) is 0 Å². The van der Waals surface area contributed by atoms with Gasteiger partial charge in [0.1, 0.15) is 0 Å². The van der Waals surface area contributed by atoms with E-state index in [9.17, 15) is 10.2 Å². The molecule has 3 nitrogen and oxygen atoms in total. The minimum Gasteiger partial charge on any atom is -0.390 e. The highest BCUT2D eigenvalue weighted by molar-refractivity contribution is 5.23. The number of hydrogen-bond acceptors (Lipinski definition) is 3. The van der Waals surface area contributed by atoms with Crippen molar-refractivity contribution in [3.8, 4) is 0 Å². The molecule has 0 aromatic heterocycles. The van der Waals surface area contributed by atoms with Crippen LogP contribution in [0.4, 0.5) is 0 Å². The number of hydrogen-bond donors (Lipinski definition) is 2. The molecule has 5 aliphatic carbocycles. The lowest BCUT2D eigenvalue weighted by Crippen LogP contribution is -2.41. The summed E-state index contributed by atoms with van der Waals surface area (Å²) in [5, 5.41) is 20.2. The highest BCUT2D eigenvalue weighted by Gasteiger charge is 2.76. The molecule has 0 aromatic rings. The predicted octanol–water partition coefficient (Wildman–Crippen LogP) is 0.643. The van der Waals surface area contributed by atoms with E-state index in [1.807, 2.05) is 0 Å². The largest absolute Gasteiger partial charge is 0.390 e. The zero-order chi connectivity index (χ0) is 11.8. The zero-order valence-electron chi connectivity index (χ0n) is 10.4. The molecular weight excluding hydrogens is 228 g/mol. The molecule has 12 atom stereocenters. The van der Waals surface area contributed by atoms with Gasteiger partial charge < -0.3 is 14.9 Å². The van der Waals surface area contributed by atoms with E-state index < -0.39 is 12.2 Å². The standard InChI is InChI=1S/C15H20O3/c16-9-3-5-4-1-6(12(5)13(9)17)11-8-2-7(10(4)11)14-15(8)18-14/h4-17H,1-3H2. The molecule has 3 heteroatoms. The van der Waals surface area contributed by atoms with Crippen LogP contribution in [0.5, 0.6) is 0 Å². The van der Waals surface area contributed by atoms with E-state index in [1.54, 1.807) is 0 Å². The molecule has 12 unspecified atom stereocenters. The molecule has 1 saturated heterocycles. The van der Waals surface area contributed by atoms with E-state index in [2.05, 4.69) is 0 Å². The van der Waals surface area contributed by atoms with Crippen LogP contribution in [-0.2, 0) is 4.74 Å². The highest BCUT2D eigenvalue weighted by atomic mass is 16.6. The Morgan fingerprint density at radius 2 is 1.28 bits per heavy atom. The summed E-state index contributed by atoms with van der Waals surface area (Å²) in [4.78, 5) is 0. The van der Waals surface area contributed by atoms with Crippen molar-refractivity contribution in [3.63, 3.8) is 0 Å². The second-order valence-corrected chi connectivity index (χ2v) is 7.88. The third kappa shape index (κ3) is 0.810. The number of fused-ring (bicyclic) bond motifs is 15. The maximum absolute atomic E-state index is 10.3. The molecule has 5 saturated carbocycles. The maximum Gasteiger partial charge on any atom is 0.0875 e. The second kappa shape index (κ2) is 2.68. The lowest BCUT2D eigenvalue weighted by atomic mass is 9.64. The zero-order valence-corrected chi connectivity index (χ0v) is 10.4. The summed E-state index contributed by atoms with van der Waals surface area (Å²) in [5.74, 6) is 5.93. The predicted molar refractivity (Wildman–Crippen MR) is 62.4 cm³/mol. The van der Waals surface area contributed by atoms with Gasteiger partial charge in [0.2, 0.25) is 0 Å². The van der Waals surface area contributed by atoms with Crippen LogP contribution in [0.15, 0.2) is 0 Å². The SMILES string of the molecule is OC1CC2C3CC(C2C1O)C1C2CC(C4OC24)C31. The highest BCUT2D eigenvalue weighted by Crippen LogP contribution is 2.75. The second-order valence-electron chi connectivity index (χ2n) is 7.88. The Balaban J connectivity index is 1.44. The molecule has 1 heterocycles. The molecule has 6 rings (SSSR count). The van der Waals surface area contributed by atoms with Gasteiger partial charge in [-0.05, 0) is 66.6 Å². The summed E-state index contributed by atoms with van der Waals surface area (Å²) >= 11 is 0. The number of rotatable bonds is 0. The van der Waals surface area contributed by atoms with E-state index in [0.29, 0.717) is 30.0 Å². The molecule has 0 aromatic carbocycles. The topological polar surface area (TPSA) is 53.0 Å². The Kier molecular flexibility index (Phi) is 1.45. The van der Waals surface area contributed by atoms with Gasteiger partial charge in [-0.3, -0.25) is 0 Å². The van der Waals surface area contributed by atoms with Crippen molar-refractivity contribution in [3.05, 3.63) is 0 Å². The van der Waals surface area contributed by atoms with Crippen LogP contribution >= 0.6 is 0 Å². The van der Waals surface area contributed by atoms with Crippen molar-refractivity contribution in [1.29, 1.82) is 0 Å². The van der Waals surface area contributed by atoms with E-state index in [4.69, 9.17) is 4.74 Å². The van der Waals surface area contributed by atoms with Crippen molar-refractivity contribution >= 4 is 0 Å². The van der Waals surface area contributed by atoms with Crippen molar-refractivity contribution in [2.45, 2.75) is 43.7 Å². The van der Waals surface area contributed by atoms with E-state index in [-0.39, 0.29) is 0 Å². The molecule has 0 amide bonds. The first-order valence-corrected chi connectivity index (χ1v) is 7.77. The molecule has 2 N–H and O–H groups in total. The fourth-order valence-corrected chi connectivity index (χ4v) is 7.56. The monoisotopic (exact) mass is 248 g/mol.